The number of carbonyl (C=O) groups is 1. The Balaban J connectivity index is 3.67. The van der Waals surface area contributed by atoms with Crippen molar-refractivity contribution in [2.24, 2.45) is 0 Å². The number of nitrogens with one attached hydrogen (secondary N) is 1. The minimum atomic E-state index is 0.217. The average molecular weight is 243 g/mol. The highest BCUT2D eigenvalue weighted by Gasteiger charge is 2.12. The number of rotatable bonds is 9. The van der Waals surface area contributed by atoms with Gasteiger partial charge in [0.15, 0.2) is 0 Å². The van der Waals surface area contributed by atoms with Gasteiger partial charge in [0.05, 0.1) is 6.54 Å². The van der Waals surface area contributed by atoms with Crippen LogP contribution in [0.1, 0.15) is 33.1 Å². The van der Waals surface area contributed by atoms with Gasteiger partial charge in [-0.3, -0.25) is 9.69 Å². The van der Waals surface area contributed by atoms with Gasteiger partial charge >= 0.3 is 0 Å². The molecule has 0 rings (SSSR count). The predicted molar refractivity (Wildman–Crippen MR) is 73.2 cm³/mol. The summed E-state index contributed by atoms with van der Waals surface area (Å²) in [5.41, 5.74) is 0. The molecule has 0 unspecified atom stereocenters. The van der Waals surface area contributed by atoms with Crippen molar-refractivity contribution in [3.8, 4) is 0 Å². The minimum Gasteiger partial charge on any atom is -0.345 e. The Morgan fingerprint density at radius 3 is 2.35 bits per heavy atom. The lowest BCUT2D eigenvalue weighted by atomic mass is 10.2. The van der Waals surface area contributed by atoms with Crippen molar-refractivity contribution in [1.82, 2.24) is 15.1 Å². The molecule has 1 amide bonds. The van der Waals surface area contributed by atoms with Crippen molar-refractivity contribution >= 4 is 5.91 Å². The van der Waals surface area contributed by atoms with E-state index in [4.69, 9.17) is 0 Å². The molecule has 0 heterocycles. The quantitative estimate of drug-likeness (QED) is 0.618. The number of unbranched alkanes of at least 4 members (excludes halogenated alkanes) is 2. The first kappa shape index (κ1) is 16.4. The zero-order chi connectivity index (χ0) is 13.3. The molecule has 4 heteroatoms. The van der Waals surface area contributed by atoms with Crippen LogP contribution < -0.4 is 5.32 Å². The van der Waals surface area contributed by atoms with Crippen LogP contribution in [0.2, 0.25) is 0 Å². The lowest BCUT2D eigenvalue weighted by molar-refractivity contribution is -0.131. The van der Waals surface area contributed by atoms with E-state index in [9.17, 15) is 4.79 Å². The molecule has 0 aliphatic heterocycles. The summed E-state index contributed by atoms with van der Waals surface area (Å²) in [6, 6.07) is 0.419. The van der Waals surface area contributed by atoms with E-state index in [-0.39, 0.29) is 5.91 Å². The van der Waals surface area contributed by atoms with Gasteiger partial charge in [-0.15, -0.1) is 0 Å². The third kappa shape index (κ3) is 8.16. The molecule has 0 aromatic heterocycles. The van der Waals surface area contributed by atoms with Crippen molar-refractivity contribution in [3.05, 3.63) is 0 Å². The molecule has 0 fully saturated rings. The Morgan fingerprint density at radius 2 is 1.82 bits per heavy atom. The first-order valence-electron chi connectivity index (χ1n) is 6.57. The number of nitrogens with zero attached hydrogens (tertiary/aromatic N) is 2. The molecule has 0 aliphatic rings. The van der Waals surface area contributed by atoms with E-state index in [1.165, 1.54) is 12.8 Å². The van der Waals surface area contributed by atoms with E-state index in [1.54, 1.807) is 0 Å². The van der Waals surface area contributed by atoms with Gasteiger partial charge in [-0.2, -0.15) is 0 Å². The van der Waals surface area contributed by atoms with Crippen LogP contribution in [0.15, 0.2) is 0 Å². The number of hydrogen-bond donors (Lipinski definition) is 1. The van der Waals surface area contributed by atoms with Crippen LogP contribution in [0.3, 0.4) is 0 Å². The second kappa shape index (κ2) is 9.42. The topological polar surface area (TPSA) is 35.6 Å². The average Bonchev–Trinajstić information content (AvgIpc) is 2.28. The first-order chi connectivity index (χ1) is 7.99. The molecule has 0 saturated carbocycles. The molecule has 102 valence electrons. The van der Waals surface area contributed by atoms with Gasteiger partial charge in [0.2, 0.25) is 5.91 Å². The third-order valence-corrected chi connectivity index (χ3v) is 3.11. The van der Waals surface area contributed by atoms with Gasteiger partial charge in [0.1, 0.15) is 0 Å². The molecule has 0 atom stereocenters. The summed E-state index contributed by atoms with van der Waals surface area (Å²) in [5, 5.41) is 3.13. The van der Waals surface area contributed by atoms with Crippen LogP contribution >= 0.6 is 0 Å². The lowest BCUT2D eigenvalue weighted by Gasteiger charge is -2.24. The van der Waals surface area contributed by atoms with Crippen LogP contribution in [0, 0.1) is 0 Å². The van der Waals surface area contributed by atoms with Crippen LogP contribution in [-0.2, 0) is 4.79 Å². The second-order valence-electron chi connectivity index (χ2n) is 4.99. The summed E-state index contributed by atoms with van der Waals surface area (Å²) in [7, 11) is 5.86. The normalized spacial score (nSPS) is 11.2. The van der Waals surface area contributed by atoms with Crippen molar-refractivity contribution in [1.29, 1.82) is 0 Å². The van der Waals surface area contributed by atoms with Gasteiger partial charge in [0.25, 0.3) is 0 Å². The molecule has 1 N–H and O–H groups in total. The zero-order valence-electron chi connectivity index (χ0n) is 12.1. The highest BCUT2D eigenvalue weighted by Crippen LogP contribution is 1.99. The maximum Gasteiger partial charge on any atom is 0.236 e. The lowest BCUT2D eigenvalue weighted by Crippen LogP contribution is -2.39. The summed E-state index contributed by atoms with van der Waals surface area (Å²) in [6.45, 7) is 6.66. The monoisotopic (exact) mass is 243 g/mol. The van der Waals surface area contributed by atoms with Crippen molar-refractivity contribution in [2.45, 2.75) is 39.2 Å². The van der Waals surface area contributed by atoms with Crippen LogP contribution in [0.25, 0.3) is 0 Å². The van der Waals surface area contributed by atoms with E-state index in [2.05, 4.69) is 24.1 Å². The Hall–Kier alpha value is -0.610. The van der Waals surface area contributed by atoms with Crippen molar-refractivity contribution < 1.29 is 4.79 Å². The van der Waals surface area contributed by atoms with Crippen LogP contribution in [-0.4, -0.2) is 62.5 Å². The fourth-order valence-corrected chi connectivity index (χ4v) is 1.47. The fourth-order valence-electron chi connectivity index (χ4n) is 1.47. The van der Waals surface area contributed by atoms with Crippen molar-refractivity contribution in [3.63, 3.8) is 0 Å². The summed E-state index contributed by atoms with van der Waals surface area (Å²) in [4.78, 5) is 15.8. The molecule has 17 heavy (non-hydrogen) atoms. The smallest absolute Gasteiger partial charge is 0.236 e. The Labute approximate surface area is 106 Å². The maximum atomic E-state index is 11.8. The summed E-state index contributed by atoms with van der Waals surface area (Å²) in [5.74, 6) is 0.217. The molecule has 0 spiro atoms. The van der Waals surface area contributed by atoms with Gasteiger partial charge in [-0.1, -0.05) is 6.42 Å². The Kier molecular flexibility index (Phi) is 9.09. The second-order valence-corrected chi connectivity index (χ2v) is 4.99. The van der Waals surface area contributed by atoms with Gasteiger partial charge in [-0.05, 0) is 47.3 Å². The number of likely N-dealkylation sites (N-methyl/N-ethyl adjacent to an activating group) is 2. The Bertz CT molecular complexity index is 207. The molecule has 0 aromatic rings. The van der Waals surface area contributed by atoms with E-state index in [0.717, 1.165) is 19.5 Å². The highest BCUT2D eigenvalue weighted by atomic mass is 16.2. The van der Waals surface area contributed by atoms with Gasteiger partial charge in [-0.25, -0.2) is 0 Å². The largest absolute Gasteiger partial charge is 0.345 e. The van der Waals surface area contributed by atoms with Crippen LogP contribution in [0.4, 0.5) is 0 Å². The van der Waals surface area contributed by atoms with E-state index >= 15 is 0 Å². The number of carbonyl (C=O) groups excluding carboxylic acids is 1. The zero-order valence-corrected chi connectivity index (χ0v) is 12.1. The van der Waals surface area contributed by atoms with Gasteiger partial charge < -0.3 is 10.2 Å². The summed E-state index contributed by atoms with van der Waals surface area (Å²) in [6.07, 6.45) is 3.46. The summed E-state index contributed by atoms with van der Waals surface area (Å²) >= 11 is 0. The molecular formula is C13H29N3O. The standard InChI is InChI=1S/C13H29N3O/c1-12(2)16(5)11-13(17)15(4)10-8-6-7-9-14-3/h12,14H,6-11H2,1-5H3. The molecule has 4 nitrogen and oxygen atoms in total. The molecule has 0 bridgehead atoms. The minimum absolute atomic E-state index is 0.217. The fraction of sp³-hybridized carbons (Fsp3) is 0.923. The molecule has 0 radical (unpaired) electrons. The number of amides is 1. The molecular weight excluding hydrogens is 214 g/mol. The van der Waals surface area contributed by atoms with E-state index in [0.29, 0.717) is 12.6 Å². The highest BCUT2D eigenvalue weighted by molar-refractivity contribution is 5.77. The molecule has 0 saturated heterocycles. The SMILES string of the molecule is CNCCCCCN(C)C(=O)CN(C)C(C)C. The summed E-state index contributed by atoms with van der Waals surface area (Å²) < 4.78 is 0. The molecule has 0 aliphatic carbocycles. The maximum absolute atomic E-state index is 11.8. The number of hydrogen-bond acceptors (Lipinski definition) is 3. The Morgan fingerprint density at radius 1 is 1.18 bits per heavy atom. The molecule has 0 aromatic carbocycles. The third-order valence-electron chi connectivity index (χ3n) is 3.11. The van der Waals surface area contributed by atoms with E-state index < -0.39 is 0 Å². The van der Waals surface area contributed by atoms with Gasteiger partial charge in [0, 0.05) is 19.6 Å². The van der Waals surface area contributed by atoms with E-state index in [1.807, 2.05) is 26.0 Å². The predicted octanol–water partition coefficient (Wildman–Crippen LogP) is 1.17. The first-order valence-corrected chi connectivity index (χ1v) is 6.57. The van der Waals surface area contributed by atoms with Crippen LogP contribution in [0.5, 0.6) is 0 Å². The van der Waals surface area contributed by atoms with Crippen molar-refractivity contribution in [2.75, 3.05) is 40.8 Å².